The summed E-state index contributed by atoms with van der Waals surface area (Å²) < 4.78 is 4.89. The van der Waals surface area contributed by atoms with Crippen molar-refractivity contribution >= 4 is 7.62 Å². The Morgan fingerprint density at radius 1 is 1.60 bits per heavy atom. The van der Waals surface area contributed by atoms with Gasteiger partial charge in [0.1, 0.15) is 0 Å². The van der Waals surface area contributed by atoms with Gasteiger partial charge in [-0.2, -0.15) is 0 Å². The van der Waals surface area contributed by atoms with Gasteiger partial charge >= 0.3 is 7.62 Å². The van der Waals surface area contributed by atoms with E-state index in [1.54, 1.807) is 7.11 Å². The first-order valence-corrected chi connectivity index (χ1v) is 3.81. The molecule has 0 spiro atoms. The molecule has 1 aliphatic carbocycles. The molecule has 3 nitrogen and oxygen atoms in total. The summed E-state index contributed by atoms with van der Waals surface area (Å²) in [7, 11) is 2.35. The lowest BCUT2D eigenvalue weighted by Gasteiger charge is -2.08. The molecule has 4 heteroatoms. The topological polar surface area (TPSA) is 47.3 Å². The molecule has 1 saturated carbocycles. The van der Waals surface area contributed by atoms with E-state index in [9.17, 15) is 0 Å². The normalized spacial score (nSPS) is 32.6. The molecule has 10 heavy (non-hydrogen) atoms. The van der Waals surface area contributed by atoms with Gasteiger partial charge in [-0.3, -0.25) is 0 Å². The Morgan fingerprint density at radius 2 is 2.40 bits per heavy atom. The Labute approximate surface area is 62.6 Å². The molecule has 2 atom stereocenters. The molecule has 1 fully saturated rings. The molecular weight excluding hydrogens is 127 g/mol. The maximum absolute atomic E-state index is 5.72. The van der Waals surface area contributed by atoms with Crippen LogP contribution in [-0.4, -0.2) is 26.8 Å². The number of rotatable bonds is 3. The van der Waals surface area contributed by atoms with Gasteiger partial charge in [-0.15, -0.1) is 0 Å². The molecule has 0 heterocycles. The van der Waals surface area contributed by atoms with Crippen molar-refractivity contribution in [2.75, 3.05) is 7.11 Å². The first-order valence-electron chi connectivity index (χ1n) is 3.81. The fraction of sp³-hybridized carbons (Fsp3) is 1.00. The SMILES string of the molecule is COBNC1CCC(N)C1. The summed E-state index contributed by atoms with van der Waals surface area (Å²) in [6, 6.07) is 1.00. The highest BCUT2D eigenvalue weighted by Crippen LogP contribution is 2.16. The predicted octanol–water partition coefficient (Wildman–Crippen LogP) is -0.631. The Bertz CT molecular complexity index is 102. The standard InChI is InChI=1S/C6H15BN2O/c1-10-7-9-6-3-2-5(8)4-6/h5-7,9H,2-4,8H2,1H3. The molecule has 1 rings (SSSR count). The summed E-state index contributed by atoms with van der Waals surface area (Å²) in [5.41, 5.74) is 5.72. The number of hydrogen-bond donors (Lipinski definition) is 2. The van der Waals surface area contributed by atoms with Crippen molar-refractivity contribution in [3.05, 3.63) is 0 Å². The van der Waals surface area contributed by atoms with Gasteiger partial charge in [0.25, 0.3) is 0 Å². The molecule has 0 aromatic rings. The minimum atomic E-state index is 0.411. The Morgan fingerprint density at radius 3 is 2.90 bits per heavy atom. The van der Waals surface area contributed by atoms with Crippen LogP contribution in [0.25, 0.3) is 0 Å². The highest BCUT2D eigenvalue weighted by molar-refractivity contribution is 6.23. The van der Waals surface area contributed by atoms with Crippen LogP contribution in [0.1, 0.15) is 19.3 Å². The van der Waals surface area contributed by atoms with Crippen LogP contribution in [0.15, 0.2) is 0 Å². The van der Waals surface area contributed by atoms with Crippen LogP contribution in [-0.2, 0) is 4.65 Å². The van der Waals surface area contributed by atoms with E-state index in [4.69, 9.17) is 10.4 Å². The molecule has 0 saturated heterocycles. The van der Waals surface area contributed by atoms with E-state index in [2.05, 4.69) is 5.23 Å². The molecular formula is C6H15BN2O. The number of nitrogens with two attached hydrogens (primary N) is 1. The van der Waals surface area contributed by atoms with Gasteiger partial charge in [0.05, 0.1) is 0 Å². The lowest BCUT2D eigenvalue weighted by Crippen LogP contribution is -2.32. The molecule has 1 aliphatic rings. The molecule has 58 valence electrons. The second kappa shape index (κ2) is 3.96. The van der Waals surface area contributed by atoms with E-state index in [0.29, 0.717) is 19.7 Å². The minimum Gasteiger partial charge on any atom is -0.427 e. The molecule has 3 N–H and O–H groups in total. The second-order valence-corrected chi connectivity index (χ2v) is 2.91. The molecule has 0 radical (unpaired) electrons. The second-order valence-electron chi connectivity index (χ2n) is 2.91. The average molecular weight is 142 g/mol. The summed E-state index contributed by atoms with van der Waals surface area (Å²) >= 11 is 0. The summed E-state index contributed by atoms with van der Waals surface area (Å²) in [5, 5.41) is 3.26. The molecule has 0 aromatic carbocycles. The predicted molar refractivity (Wildman–Crippen MR) is 42.9 cm³/mol. The Hall–Kier alpha value is -0.0551. The van der Waals surface area contributed by atoms with E-state index >= 15 is 0 Å². The lowest BCUT2D eigenvalue weighted by molar-refractivity contribution is 0.420. The van der Waals surface area contributed by atoms with Gasteiger partial charge in [-0.25, -0.2) is 0 Å². The average Bonchev–Trinajstić information content (AvgIpc) is 2.31. The lowest BCUT2D eigenvalue weighted by atomic mass is 10.1. The van der Waals surface area contributed by atoms with Gasteiger partial charge in [-0.1, -0.05) is 0 Å². The third-order valence-electron chi connectivity index (χ3n) is 1.99. The van der Waals surface area contributed by atoms with Crippen LogP contribution in [0.5, 0.6) is 0 Å². The van der Waals surface area contributed by atoms with Crippen molar-refractivity contribution in [3.8, 4) is 0 Å². The molecule has 0 amide bonds. The van der Waals surface area contributed by atoms with Gasteiger partial charge in [-0.05, 0) is 25.3 Å². The largest absolute Gasteiger partial charge is 0.427 e. The smallest absolute Gasteiger partial charge is 0.360 e. The van der Waals surface area contributed by atoms with E-state index < -0.39 is 0 Å². The fourth-order valence-corrected chi connectivity index (χ4v) is 1.40. The number of nitrogens with one attached hydrogen (secondary N) is 1. The maximum Gasteiger partial charge on any atom is 0.360 e. The summed E-state index contributed by atoms with van der Waals surface area (Å²) in [5.74, 6) is 0. The molecule has 0 aliphatic heterocycles. The third kappa shape index (κ3) is 2.29. The van der Waals surface area contributed by atoms with E-state index in [1.165, 1.54) is 6.42 Å². The monoisotopic (exact) mass is 142 g/mol. The zero-order valence-corrected chi connectivity index (χ0v) is 6.47. The zero-order valence-electron chi connectivity index (χ0n) is 6.47. The van der Waals surface area contributed by atoms with Crippen LogP contribution in [0.4, 0.5) is 0 Å². The van der Waals surface area contributed by atoms with Crippen molar-refractivity contribution in [3.63, 3.8) is 0 Å². The quantitative estimate of drug-likeness (QED) is 0.515. The van der Waals surface area contributed by atoms with E-state index in [-0.39, 0.29) is 0 Å². The van der Waals surface area contributed by atoms with Crippen molar-refractivity contribution in [1.82, 2.24) is 5.23 Å². The van der Waals surface area contributed by atoms with Crippen LogP contribution >= 0.6 is 0 Å². The van der Waals surface area contributed by atoms with Crippen LogP contribution in [0.3, 0.4) is 0 Å². The molecule has 0 bridgehead atoms. The molecule has 0 aromatic heterocycles. The van der Waals surface area contributed by atoms with Crippen LogP contribution in [0, 0.1) is 0 Å². The van der Waals surface area contributed by atoms with Crippen molar-refractivity contribution in [2.24, 2.45) is 5.73 Å². The van der Waals surface area contributed by atoms with E-state index in [1.807, 2.05) is 0 Å². The maximum atomic E-state index is 5.72. The fourth-order valence-electron chi connectivity index (χ4n) is 1.40. The Balaban J connectivity index is 2.06. The van der Waals surface area contributed by atoms with Crippen molar-refractivity contribution < 1.29 is 4.65 Å². The third-order valence-corrected chi connectivity index (χ3v) is 1.99. The summed E-state index contributed by atoms with van der Waals surface area (Å²) in [4.78, 5) is 0. The highest BCUT2D eigenvalue weighted by Gasteiger charge is 2.20. The Kier molecular flexibility index (Phi) is 3.18. The van der Waals surface area contributed by atoms with Crippen LogP contribution in [0.2, 0.25) is 0 Å². The first-order chi connectivity index (χ1) is 4.83. The first kappa shape index (κ1) is 8.05. The van der Waals surface area contributed by atoms with Gasteiger partial charge < -0.3 is 15.6 Å². The van der Waals surface area contributed by atoms with E-state index in [0.717, 1.165) is 12.8 Å². The highest BCUT2D eigenvalue weighted by atomic mass is 16.4. The van der Waals surface area contributed by atoms with Gasteiger partial charge in [0.2, 0.25) is 0 Å². The number of hydrogen-bond acceptors (Lipinski definition) is 3. The zero-order chi connectivity index (χ0) is 7.40. The van der Waals surface area contributed by atoms with Crippen molar-refractivity contribution in [1.29, 1.82) is 0 Å². The van der Waals surface area contributed by atoms with Gasteiger partial charge in [0.15, 0.2) is 0 Å². The summed E-state index contributed by atoms with van der Waals surface area (Å²) in [6.07, 6.45) is 3.45. The molecule has 2 unspecified atom stereocenters. The van der Waals surface area contributed by atoms with Gasteiger partial charge in [0, 0.05) is 13.2 Å². The minimum absolute atomic E-state index is 0.411. The van der Waals surface area contributed by atoms with Crippen LogP contribution < -0.4 is 11.0 Å². The van der Waals surface area contributed by atoms with Crippen molar-refractivity contribution in [2.45, 2.75) is 31.3 Å². The summed E-state index contributed by atoms with van der Waals surface area (Å²) in [6.45, 7) is 0.